The molecule has 1 unspecified atom stereocenters. The van der Waals surface area contributed by atoms with E-state index in [9.17, 15) is 13.6 Å². The first-order valence-electron chi connectivity index (χ1n) is 6.53. The topological polar surface area (TPSA) is 78.3 Å². The highest BCUT2D eigenvalue weighted by Crippen LogP contribution is 2.37. The molecule has 0 bridgehead atoms. The molecule has 1 atom stereocenters. The normalized spacial score (nSPS) is 16.8. The number of carbonyl (C=O) groups is 1. The van der Waals surface area contributed by atoms with Gasteiger partial charge in [-0.25, -0.2) is 9.67 Å². The average Bonchev–Trinajstić information content (AvgIpc) is 2.76. The molecule has 0 saturated carbocycles. The zero-order valence-corrected chi connectivity index (χ0v) is 12.8. The van der Waals surface area contributed by atoms with Crippen LogP contribution in [0.3, 0.4) is 0 Å². The number of alkyl halides is 2. The number of halogens is 3. The quantitative estimate of drug-likeness (QED) is 0.925. The van der Waals surface area contributed by atoms with E-state index in [4.69, 9.17) is 16.3 Å². The molecule has 10 heteroatoms. The van der Waals surface area contributed by atoms with Gasteiger partial charge >= 0.3 is 6.61 Å². The van der Waals surface area contributed by atoms with Crippen molar-refractivity contribution in [2.75, 3.05) is 5.32 Å². The monoisotopic (exact) mass is 344 g/mol. The van der Waals surface area contributed by atoms with Crippen molar-refractivity contribution in [1.82, 2.24) is 14.8 Å². The Labute approximate surface area is 134 Å². The van der Waals surface area contributed by atoms with Crippen molar-refractivity contribution in [3.05, 3.63) is 17.2 Å². The second-order valence-corrected chi connectivity index (χ2v) is 5.14. The number of rotatable bonds is 3. The van der Waals surface area contributed by atoms with Crippen molar-refractivity contribution in [3.63, 3.8) is 0 Å². The van der Waals surface area contributed by atoms with Gasteiger partial charge in [0.15, 0.2) is 17.7 Å². The van der Waals surface area contributed by atoms with Crippen molar-refractivity contribution in [2.45, 2.75) is 19.6 Å². The maximum atomic E-state index is 12.4. The summed E-state index contributed by atoms with van der Waals surface area (Å²) in [5.74, 6) is 0.00157. The number of hydrogen-bond acceptors (Lipinski definition) is 5. The van der Waals surface area contributed by atoms with Crippen molar-refractivity contribution >= 4 is 23.3 Å². The van der Waals surface area contributed by atoms with E-state index in [-0.39, 0.29) is 34.0 Å². The molecule has 0 saturated heterocycles. The summed E-state index contributed by atoms with van der Waals surface area (Å²) in [6.45, 7) is -1.42. The van der Waals surface area contributed by atoms with Gasteiger partial charge in [0.05, 0.1) is 5.69 Å². The van der Waals surface area contributed by atoms with E-state index >= 15 is 0 Å². The predicted molar refractivity (Wildman–Crippen MR) is 76.8 cm³/mol. The van der Waals surface area contributed by atoms with Crippen LogP contribution in [0.2, 0.25) is 5.02 Å². The number of nitrogens with zero attached hydrogens (tertiary/aromatic N) is 3. The Balaban J connectivity index is 2.00. The summed E-state index contributed by atoms with van der Waals surface area (Å²) >= 11 is 6.04. The molecule has 1 N–H and O–H groups in total. The highest BCUT2D eigenvalue weighted by Gasteiger charge is 2.26. The molecule has 3 heterocycles. The largest absolute Gasteiger partial charge is 0.477 e. The summed E-state index contributed by atoms with van der Waals surface area (Å²) < 4.78 is 35.6. The highest BCUT2D eigenvalue weighted by molar-refractivity contribution is 6.34. The number of fused-ring (bicyclic) bond motifs is 1. The molecule has 0 aliphatic carbocycles. The van der Waals surface area contributed by atoms with Crippen LogP contribution in [0.25, 0.3) is 11.4 Å². The van der Waals surface area contributed by atoms with Gasteiger partial charge in [-0.1, -0.05) is 11.6 Å². The van der Waals surface area contributed by atoms with Crippen LogP contribution in [-0.2, 0) is 11.8 Å². The summed E-state index contributed by atoms with van der Waals surface area (Å²) in [5.41, 5.74) is 0.437. The van der Waals surface area contributed by atoms with Gasteiger partial charge in [0, 0.05) is 7.05 Å². The Morgan fingerprint density at radius 3 is 2.91 bits per heavy atom. The van der Waals surface area contributed by atoms with Crippen LogP contribution in [0.5, 0.6) is 11.6 Å². The second kappa shape index (κ2) is 5.65. The van der Waals surface area contributed by atoms with Crippen LogP contribution in [0.15, 0.2) is 12.1 Å². The number of nitrogens with one attached hydrogen (secondary N) is 1. The number of amides is 1. The number of aromatic nitrogens is 3. The van der Waals surface area contributed by atoms with Crippen LogP contribution in [0.1, 0.15) is 6.92 Å². The van der Waals surface area contributed by atoms with E-state index in [1.165, 1.54) is 7.05 Å². The minimum Gasteiger partial charge on any atom is -0.477 e. The van der Waals surface area contributed by atoms with Crippen molar-refractivity contribution in [3.8, 4) is 23.0 Å². The number of anilines is 1. The SMILES string of the molecule is CC1Oc2ccc(-c3nn(C)c(OC(F)F)c3Cl)nc2NC1=O. The third kappa shape index (κ3) is 2.79. The summed E-state index contributed by atoms with van der Waals surface area (Å²) in [6.07, 6.45) is -0.625. The first-order chi connectivity index (χ1) is 10.9. The third-order valence-corrected chi connectivity index (χ3v) is 3.50. The number of pyridine rings is 1. The molecular formula is C13H11ClF2N4O3. The van der Waals surface area contributed by atoms with Crippen LogP contribution < -0.4 is 14.8 Å². The Hall–Kier alpha value is -2.42. The summed E-state index contributed by atoms with van der Waals surface area (Å²) in [6, 6.07) is 3.15. The van der Waals surface area contributed by atoms with E-state index in [0.29, 0.717) is 5.75 Å². The molecule has 0 fully saturated rings. The number of hydrogen-bond donors (Lipinski definition) is 1. The lowest BCUT2D eigenvalue weighted by Gasteiger charge is -2.22. The summed E-state index contributed by atoms with van der Waals surface area (Å²) in [5, 5.41) is 6.52. The molecule has 0 spiro atoms. The molecule has 0 radical (unpaired) electrons. The Kier molecular flexibility index (Phi) is 3.80. The molecule has 2 aromatic rings. The van der Waals surface area contributed by atoms with Gasteiger partial charge in [-0.3, -0.25) is 4.79 Å². The molecular weight excluding hydrogens is 334 g/mol. The minimum atomic E-state index is -3.03. The van der Waals surface area contributed by atoms with Crippen molar-refractivity contribution < 1.29 is 23.0 Å². The number of aryl methyl sites for hydroxylation is 1. The van der Waals surface area contributed by atoms with Crippen LogP contribution in [0, 0.1) is 0 Å². The van der Waals surface area contributed by atoms with Crippen LogP contribution in [0.4, 0.5) is 14.6 Å². The van der Waals surface area contributed by atoms with E-state index in [0.717, 1.165) is 4.68 Å². The fraction of sp³-hybridized carbons (Fsp3) is 0.308. The Morgan fingerprint density at radius 1 is 1.48 bits per heavy atom. The Bertz CT molecular complexity index is 781. The lowest BCUT2D eigenvalue weighted by molar-refractivity contribution is -0.122. The van der Waals surface area contributed by atoms with Crippen LogP contribution >= 0.6 is 11.6 Å². The van der Waals surface area contributed by atoms with Gasteiger partial charge in [0.25, 0.3) is 5.91 Å². The van der Waals surface area contributed by atoms with E-state index in [2.05, 4.69) is 20.1 Å². The molecule has 0 aromatic carbocycles. The average molecular weight is 345 g/mol. The first-order valence-corrected chi connectivity index (χ1v) is 6.91. The highest BCUT2D eigenvalue weighted by atomic mass is 35.5. The van der Waals surface area contributed by atoms with Gasteiger partial charge in [0.2, 0.25) is 5.88 Å². The minimum absolute atomic E-state index is 0.100. The van der Waals surface area contributed by atoms with Gasteiger partial charge in [-0.2, -0.15) is 13.9 Å². The summed E-state index contributed by atoms with van der Waals surface area (Å²) in [7, 11) is 1.41. The zero-order chi connectivity index (χ0) is 16.7. The van der Waals surface area contributed by atoms with Crippen molar-refractivity contribution in [2.24, 2.45) is 7.05 Å². The van der Waals surface area contributed by atoms with E-state index in [1.807, 2.05) is 0 Å². The van der Waals surface area contributed by atoms with Gasteiger partial charge in [-0.05, 0) is 19.1 Å². The molecule has 1 amide bonds. The molecule has 1 aliphatic heterocycles. The predicted octanol–water partition coefficient (Wildman–Crippen LogP) is 2.46. The molecule has 3 rings (SSSR count). The number of carbonyl (C=O) groups excluding carboxylic acids is 1. The van der Waals surface area contributed by atoms with Gasteiger partial charge < -0.3 is 14.8 Å². The molecule has 2 aromatic heterocycles. The lowest BCUT2D eigenvalue weighted by Crippen LogP contribution is -2.34. The van der Waals surface area contributed by atoms with E-state index < -0.39 is 12.7 Å². The van der Waals surface area contributed by atoms with Gasteiger partial charge in [-0.15, -0.1) is 0 Å². The van der Waals surface area contributed by atoms with Gasteiger partial charge in [0.1, 0.15) is 10.7 Å². The second-order valence-electron chi connectivity index (χ2n) is 4.76. The number of ether oxygens (including phenoxy) is 2. The fourth-order valence-electron chi connectivity index (χ4n) is 2.08. The molecule has 23 heavy (non-hydrogen) atoms. The molecule has 7 nitrogen and oxygen atoms in total. The maximum absolute atomic E-state index is 12.4. The van der Waals surface area contributed by atoms with Crippen LogP contribution in [-0.4, -0.2) is 33.4 Å². The lowest BCUT2D eigenvalue weighted by atomic mass is 10.2. The molecule has 122 valence electrons. The van der Waals surface area contributed by atoms with E-state index in [1.54, 1.807) is 19.1 Å². The fourth-order valence-corrected chi connectivity index (χ4v) is 2.39. The van der Waals surface area contributed by atoms with Crippen molar-refractivity contribution in [1.29, 1.82) is 0 Å². The standard InChI is InChI=1S/C13H11ClF2N4O3/c1-5-11(21)18-10-7(22-5)4-3-6(17-10)9-8(14)12(20(2)19-9)23-13(15)16/h3-5,13H,1-2H3,(H,17,18,21). The zero-order valence-electron chi connectivity index (χ0n) is 12.0. The smallest absolute Gasteiger partial charge is 0.388 e. The Morgan fingerprint density at radius 2 is 2.22 bits per heavy atom. The first kappa shape index (κ1) is 15.5. The molecule has 1 aliphatic rings. The third-order valence-electron chi connectivity index (χ3n) is 3.16. The summed E-state index contributed by atoms with van der Waals surface area (Å²) in [4.78, 5) is 15.8. The maximum Gasteiger partial charge on any atom is 0.388 e.